The molecule has 1 saturated heterocycles. The van der Waals surface area contributed by atoms with Crippen molar-refractivity contribution >= 4 is 5.91 Å². The summed E-state index contributed by atoms with van der Waals surface area (Å²) in [7, 11) is 0. The number of aromatic hydroxyl groups is 1. The van der Waals surface area contributed by atoms with Crippen LogP contribution < -0.4 is 11.2 Å². The lowest BCUT2D eigenvalue weighted by Gasteiger charge is -2.36. The smallest absolute Gasteiger partial charge is 0.325 e. The van der Waals surface area contributed by atoms with Crippen LogP contribution in [0.15, 0.2) is 40.1 Å². The summed E-state index contributed by atoms with van der Waals surface area (Å²) in [5, 5.41) is 9.58. The van der Waals surface area contributed by atoms with Crippen molar-refractivity contribution in [1.29, 1.82) is 0 Å². The van der Waals surface area contributed by atoms with Crippen LogP contribution in [0.2, 0.25) is 0 Å². The molecule has 1 amide bonds. The largest absolute Gasteiger partial charge is 0.508 e. The molecule has 3 rings (SSSR count). The van der Waals surface area contributed by atoms with Crippen molar-refractivity contribution in [3.63, 3.8) is 0 Å². The highest BCUT2D eigenvalue weighted by atomic mass is 16.3. The minimum atomic E-state index is -0.576. The molecule has 1 fully saturated rings. The average molecular weight is 357 g/mol. The highest BCUT2D eigenvalue weighted by Gasteiger charge is 2.26. The first-order valence-corrected chi connectivity index (χ1v) is 8.91. The summed E-state index contributed by atoms with van der Waals surface area (Å²) in [6.07, 6.45) is 5.86. The van der Waals surface area contributed by atoms with Gasteiger partial charge in [0.05, 0.1) is 6.42 Å². The molecule has 1 atom stereocenters. The normalized spacial score (nSPS) is 17.2. The lowest BCUT2D eigenvalue weighted by molar-refractivity contribution is -0.134. The number of carbonyl (C=O) groups is 1. The van der Waals surface area contributed by atoms with Gasteiger partial charge in [-0.05, 0) is 49.8 Å². The van der Waals surface area contributed by atoms with Gasteiger partial charge in [-0.2, -0.15) is 0 Å². The maximum absolute atomic E-state index is 12.7. The fourth-order valence-electron chi connectivity index (χ4n) is 3.51. The Morgan fingerprint density at radius 3 is 2.88 bits per heavy atom. The minimum absolute atomic E-state index is 0.0191. The standard InChI is InChI=1S/C19H23N3O4/c23-16-6-3-4-13(10-16)7-8-15-5-1-2-9-22(15)17(24)11-14-12-20-19(26)21-18(14)25/h3-4,6,10,12,15,23H,1-2,5,7-9,11H2,(H2,20,21,25,26)/t15-/m0/s1. The minimum Gasteiger partial charge on any atom is -0.508 e. The summed E-state index contributed by atoms with van der Waals surface area (Å²) in [5.74, 6) is 0.152. The van der Waals surface area contributed by atoms with Crippen LogP contribution in [0.5, 0.6) is 5.75 Å². The van der Waals surface area contributed by atoms with E-state index in [0.29, 0.717) is 6.54 Å². The van der Waals surface area contributed by atoms with E-state index in [1.54, 1.807) is 12.1 Å². The molecule has 2 heterocycles. The number of aryl methyl sites for hydroxylation is 1. The number of piperidine rings is 1. The lowest BCUT2D eigenvalue weighted by Crippen LogP contribution is -2.45. The number of amides is 1. The number of hydrogen-bond acceptors (Lipinski definition) is 4. The summed E-state index contributed by atoms with van der Waals surface area (Å²) in [6.45, 7) is 0.685. The number of H-pyrrole nitrogens is 2. The van der Waals surface area contributed by atoms with Gasteiger partial charge in [-0.3, -0.25) is 14.6 Å². The first-order chi connectivity index (χ1) is 12.5. The summed E-state index contributed by atoms with van der Waals surface area (Å²) in [4.78, 5) is 42.0. The molecule has 0 unspecified atom stereocenters. The first kappa shape index (κ1) is 18.0. The SMILES string of the molecule is O=C(Cc1c[nH]c(=O)[nH]c1=O)N1CCCC[C@H]1CCc1cccc(O)c1. The van der Waals surface area contributed by atoms with Gasteiger partial charge in [-0.1, -0.05) is 12.1 Å². The number of benzene rings is 1. The molecule has 1 aromatic carbocycles. The fourth-order valence-corrected chi connectivity index (χ4v) is 3.51. The molecule has 1 aromatic heterocycles. The number of rotatable bonds is 5. The zero-order chi connectivity index (χ0) is 18.5. The number of aromatic amines is 2. The van der Waals surface area contributed by atoms with Gasteiger partial charge < -0.3 is 15.0 Å². The number of likely N-dealkylation sites (tertiary alicyclic amines) is 1. The highest BCUT2D eigenvalue weighted by Crippen LogP contribution is 2.23. The molecule has 0 bridgehead atoms. The molecule has 7 nitrogen and oxygen atoms in total. The number of nitrogens with one attached hydrogen (secondary N) is 2. The van der Waals surface area contributed by atoms with Crippen LogP contribution in [0, 0.1) is 0 Å². The Morgan fingerprint density at radius 2 is 2.12 bits per heavy atom. The summed E-state index contributed by atoms with van der Waals surface area (Å²) < 4.78 is 0. The second-order valence-corrected chi connectivity index (χ2v) is 6.72. The van der Waals surface area contributed by atoms with Gasteiger partial charge in [-0.15, -0.1) is 0 Å². The molecule has 0 spiro atoms. The van der Waals surface area contributed by atoms with E-state index in [0.717, 1.165) is 37.7 Å². The van der Waals surface area contributed by atoms with E-state index in [9.17, 15) is 19.5 Å². The molecule has 3 N–H and O–H groups in total. The Kier molecular flexibility index (Phi) is 5.55. The van der Waals surface area contributed by atoms with E-state index < -0.39 is 11.2 Å². The Bertz CT molecular complexity index is 887. The lowest BCUT2D eigenvalue weighted by atomic mass is 9.95. The summed E-state index contributed by atoms with van der Waals surface area (Å²) in [6, 6.07) is 7.29. The monoisotopic (exact) mass is 357 g/mol. The molecule has 0 radical (unpaired) electrons. The van der Waals surface area contributed by atoms with Gasteiger partial charge in [0.15, 0.2) is 0 Å². The second kappa shape index (κ2) is 8.03. The van der Waals surface area contributed by atoms with Crippen molar-refractivity contribution < 1.29 is 9.90 Å². The number of phenolic OH excluding ortho intramolecular Hbond substituents is 1. The van der Waals surface area contributed by atoms with Crippen LogP contribution >= 0.6 is 0 Å². The van der Waals surface area contributed by atoms with E-state index in [1.807, 2.05) is 17.0 Å². The topological polar surface area (TPSA) is 106 Å². The van der Waals surface area contributed by atoms with Crippen molar-refractivity contribution in [2.75, 3.05) is 6.54 Å². The van der Waals surface area contributed by atoms with Gasteiger partial charge in [0.1, 0.15) is 5.75 Å². The fraction of sp³-hybridized carbons (Fsp3) is 0.421. The zero-order valence-corrected chi connectivity index (χ0v) is 14.5. The molecular formula is C19H23N3O4. The van der Waals surface area contributed by atoms with Crippen LogP contribution in [-0.2, 0) is 17.6 Å². The number of phenols is 1. The highest BCUT2D eigenvalue weighted by molar-refractivity contribution is 5.79. The third-order valence-electron chi connectivity index (χ3n) is 4.86. The first-order valence-electron chi connectivity index (χ1n) is 8.91. The maximum atomic E-state index is 12.7. The molecule has 0 aliphatic carbocycles. The van der Waals surface area contributed by atoms with Gasteiger partial charge in [-0.25, -0.2) is 4.79 Å². The van der Waals surface area contributed by atoms with Crippen LogP contribution in [0.3, 0.4) is 0 Å². The van der Waals surface area contributed by atoms with Gasteiger partial charge >= 0.3 is 5.69 Å². The van der Waals surface area contributed by atoms with Crippen molar-refractivity contribution in [2.45, 2.75) is 44.6 Å². The number of nitrogens with zero attached hydrogens (tertiary/aromatic N) is 1. The third-order valence-corrected chi connectivity index (χ3v) is 4.86. The Morgan fingerprint density at radius 1 is 1.27 bits per heavy atom. The zero-order valence-electron chi connectivity index (χ0n) is 14.5. The average Bonchev–Trinajstić information content (AvgIpc) is 2.62. The number of aromatic nitrogens is 2. The Hall–Kier alpha value is -2.83. The quantitative estimate of drug-likeness (QED) is 0.750. The predicted molar refractivity (Wildman–Crippen MR) is 97.2 cm³/mol. The molecule has 2 aromatic rings. The van der Waals surface area contributed by atoms with Crippen molar-refractivity contribution in [1.82, 2.24) is 14.9 Å². The summed E-state index contributed by atoms with van der Waals surface area (Å²) in [5.41, 5.74) is 0.218. The van der Waals surface area contributed by atoms with Crippen LogP contribution in [-0.4, -0.2) is 38.5 Å². The Labute approximate surface area is 150 Å². The number of carbonyl (C=O) groups excluding carboxylic acids is 1. The third kappa shape index (κ3) is 4.41. The predicted octanol–water partition coefficient (Wildman–Crippen LogP) is 1.33. The molecule has 26 heavy (non-hydrogen) atoms. The molecule has 138 valence electrons. The van der Waals surface area contributed by atoms with E-state index >= 15 is 0 Å². The van der Waals surface area contributed by atoms with Gasteiger partial charge in [0.2, 0.25) is 5.91 Å². The van der Waals surface area contributed by atoms with E-state index in [-0.39, 0.29) is 29.7 Å². The molecule has 1 aliphatic rings. The van der Waals surface area contributed by atoms with Crippen molar-refractivity contribution in [3.8, 4) is 5.75 Å². The molecule has 1 aliphatic heterocycles. The van der Waals surface area contributed by atoms with E-state index in [4.69, 9.17) is 0 Å². The van der Waals surface area contributed by atoms with Crippen molar-refractivity contribution in [2.24, 2.45) is 0 Å². The number of hydrogen-bond donors (Lipinski definition) is 3. The van der Waals surface area contributed by atoms with E-state index in [1.165, 1.54) is 6.20 Å². The second-order valence-electron chi connectivity index (χ2n) is 6.72. The van der Waals surface area contributed by atoms with Gasteiger partial charge in [0.25, 0.3) is 5.56 Å². The Balaban J connectivity index is 1.66. The van der Waals surface area contributed by atoms with Crippen molar-refractivity contribution in [3.05, 3.63) is 62.4 Å². The van der Waals surface area contributed by atoms with Crippen LogP contribution in [0.1, 0.15) is 36.8 Å². The maximum Gasteiger partial charge on any atom is 0.325 e. The molecule has 7 heteroatoms. The molecular weight excluding hydrogens is 334 g/mol. The van der Waals surface area contributed by atoms with E-state index in [2.05, 4.69) is 9.97 Å². The van der Waals surface area contributed by atoms with Crippen LogP contribution in [0.4, 0.5) is 0 Å². The van der Waals surface area contributed by atoms with Gasteiger partial charge in [0, 0.05) is 24.3 Å². The van der Waals surface area contributed by atoms with Crippen LogP contribution in [0.25, 0.3) is 0 Å². The molecule has 0 saturated carbocycles. The summed E-state index contributed by atoms with van der Waals surface area (Å²) >= 11 is 0.